The number of fused-ring (bicyclic) bond motifs is 1. The molecular weight excluding hydrogens is 320 g/mol. The first-order chi connectivity index (χ1) is 11.4. The molecule has 0 aliphatic carbocycles. The van der Waals surface area contributed by atoms with Crippen molar-refractivity contribution in [3.05, 3.63) is 65.9 Å². The van der Waals surface area contributed by atoms with Crippen molar-refractivity contribution in [1.82, 2.24) is 9.29 Å². The first kappa shape index (κ1) is 16.6. The van der Waals surface area contributed by atoms with Crippen LogP contribution in [0.2, 0.25) is 0 Å². The predicted molar refractivity (Wildman–Crippen MR) is 98.2 cm³/mol. The van der Waals surface area contributed by atoms with Crippen LogP contribution in [-0.4, -0.2) is 31.0 Å². The molecular formula is C19H20N2O2S. The molecule has 0 unspecified atom stereocenters. The Morgan fingerprint density at radius 2 is 1.79 bits per heavy atom. The molecule has 0 atom stereocenters. The molecule has 0 fully saturated rings. The van der Waals surface area contributed by atoms with Gasteiger partial charge in [-0.1, -0.05) is 36.4 Å². The normalized spacial score (nSPS) is 12.0. The second-order valence-electron chi connectivity index (χ2n) is 6.04. The minimum absolute atomic E-state index is 0.338. The zero-order chi connectivity index (χ0) is 17.3. The molecule has 0 aliphatic heterocycles. The second kappa shape index (κ2) is 6.34. The van der Waals surface area contributed by atoms with Crippen LogP contribution in [0.5, 0.6) is 0 Å². The predicted octanol–water partition coefficient (Wildman–Crippen LogP) is 3.60. The van der Waals surface area contributed by atoms with Gasteiger partial charge >= 0.3 is 0 Å². The maximum atomic E-state index is 11.6. The van der Waals surface area contributed by atoms with Crippen molar-refractivity contribution >= 4 is 20.9 Å². The minimum atomic E-state index is -3.20. The summed E-state index contributed by atoms with van der Waals surface area (Å²) in [5, 5.41) is 1.07. The van der Waals surface area contributed by atoms with E-state index in [1.54, 1.807) is 13.2 Å². The summed E-state index contributed by atoms with van der Waals surface area (Å²) in [6.45, 7) is 2.43. The Balaban J connectivity index is 2.06. The number of rotatable bonds is 4. The van der Waals surface area contributed by atoms with Crippen molar-refractivity contribution in [2.75, 3.05) is 13.3 Å². The van der Waals surface area contributed by atoms with Crippen LogP contribution in [0.1, 0.15) is 11.1 Å². The number of aromatic nitrogens is 1. The third-order valence-electron chi connectivity index (χ3n) is 4.21. The molecule has 3 rings (SSSR count). The molecule has 1 heterocycles. The van der Waals surface area contributed by atoms with Gasteiger partial charge < -0.3 is 0 Å². The lowest BCUT2D eigenvalue weighted by molar-refractivity contribution is 0.472. The molecule has 0 bridgehead atoms. The van der Waals surface area contributed by atoms with E-state index in [9.17, 15) is 8.42 Å². The van der Waals surface area contributed by atoms with Gasteiger partial charge in [-0.2, -0.15) is 0 Å². The Morgan fingerprint density at radius 1 is 1.04 bits per heavy atom. The van der Waals surface area contributed by atoms with Crippen LogP contribution < -0.4 is 0 Å². The lowest BCUT2D eigenvalue weighted by Crippen LogP contribution is -2.24. The van der Waals surface area contributed by atoms with Crippen molar-refractivity contribution in [2.45, 2.75) is 13.5 Å². The number of pyridine rings is 1. The van der Waals surface area contributed by atoms with Gasteiger partial charge in [-0.25, -0.2) is 12.7 Å². The van der Waals surface area contributed by atoms with E-state index >= 15 is 0 Å². The second-order valence-corrected chi connectivity index (χ2v) is 8.13. The third-order valence-corrected chi connectivity index (χ3v) is 5.48. The Bertz CT molecular complexity index is 997. The largest absolute Gasteiger partial charge is 0.256 e. The summed E-state index contributed by atoms with van der Waals surface area (Å²) in [4.78, 5) is 4.46. The molecule has 124 valence electrons. The summed E-state index contributed by atoms with van der Waals surface area (Å²) >= 11 is 0. The zero-order valence-corrected chi connectivity index (χ0v) is 14.8. The summed E-state index contributed by atoms with van der Waals surface area (Å²) in [7, 11) is -1.62. The number of benzene rings is 2. The van der Waals surface area contributed by atoms with Crippen molar-refractivity contribution in [2.24, 2.45) is 0 Å². The Morgan fingerprint density at radius 3 is 2.50 bits per heavy atom. The maximum absolute atomic E-state index is 11.6. The standard InChI is InChI=1S/C19H20N2O2S/c1-14-6-4-5-7-16(14)17-10-11-20-19-12-15(8-9-18(17)19)13-21(2)24(3,22)23/h4-12H,13H2,1-3H3. The van der Waals surface area contributed by atoms with E-state index in [0.29, 0.717) is 6.54 Å². The van der Waals surface area contributed by atoms with Crippen molar-refractivity contribution in [1.29, 1.82) is 0 Å². The van der Waals surface area contributed by atoms with Gasteiger partial charge in [0.25, 0.3) is 0 Å². The van der Waals surface area contributed by atoms with Gasteiger partial charge in [0.05, 0.1) is 11.8 Å². The van der Waals surface area contributed by atoms with E-state index in [2.05, 4.69) is 24.0 Å². The number of sulfonamides is 1. The molecule has 0 saturated heterocycles. The highest BCUT2D eigenvalue weighted by molar-refractivity contribution is 7.88. The molecule has 0 spiro atoms. The monoisotopic (exact) mass is 340 g/mol. The Kier molecular flexibility index (Phi) is 4.39. The van der Waals surface area contributed by atoms with Gasteiger partial charge in [0, 0.05) is 25.2 Å². The fourth-order valence-electron chi connectivity index (χ4n) is 2.78. The molecule has 0 radical (unpaired) electrons. The van der Waals surface area contributed by atoms with E-state index in [4.69, 9.17) is 0 Å². The van der Waals surface area contributed by atoms with Crippen molar-refractivity contribution in [3.8, 4) is 11.1 Å². The van der Waals surface area contributed by atoms with Crippen LogP contribution in [0.4, 0.5) is 0 Å². The fraction of sp³-hybridized carbons (Fsp3) is 0.211. The highest BCUT2D eigenvalue weighted by Gasteiger charge is 2.12. The molecule has 0 aliphatic rings. The van der Waals surface area contributed by atoms with Crippen LogP contribution in [-0.2, 0) is 16.6 Å². The molecule has 4 nitrogen and oxygen atoms in total. The number of hydrogen-bond donors (Lipinski definition) is 0. The lowest BCUT2D eigenvalue weighted by Gasteiger charge is -2.15. The van der Waals surface area contributed by atoms with E-state index in [-0.39, 0.29) is 0 Å². The summed E-state index contributed by atoms with van der Waals surface area (Å²) in [5.41, 5.74) is 5.33. The number of nitrogens with zero attached hydrogens (tertiary/aromatic N) is 2. The van der Waals surface area contributed by atoms with Gasteiger partial charge in [0.2, 0.25) is 10.0 Å². The van der Waals surface area contributed by atoms with Crippen LogP contribution in [0, 0.1) is 6.92 Å². The summed E-state index contributed by atoms with van der Waals surface area (Å²) in [5.74, 6) is 0. The fourth-order valence-corrected chi connectivity index (χ4v) is 3.16. The summed E-state index contributed by atoms with van der Waals surface area (Å²) in [6, 6.07) is 16.2. The van der Waals surface area contributed by atoms with Gasteiger partial charge in [-0.3, -0.25) is 4.98 Å². The number of aryl methyl sites for hydroxylation is 1. The van der Waals surface area contributed by atoms with Gasteiger partial charge in [0.15, 0.2) is 0 Å². The average Bonchev–Trinajstić information content (AvgIpc) is 2.54. The van der Waals surface area contributed by atoms with Crippen LogP contribution >= 0.6 is 0 Å². The minimum Gasteiger partial charge on any atom is -0.256 e. The molecule has 5 heteroatoms. The number of hydrogen-bond acceptors (Lipinski definition) is 3. The Labute approximate surface area is 142 Å². The first-order valence-electron chi connectivity index (χ1n) is 7.71. The molecule has 0 amide bonds. The smallest absolute Gasteiger partial charge is 0.211 e. The van der Waals surface area contributed by atoms with E-state index < -0.39 is 10.0 Å². The van der Waals surface area contributed by atoms with Gasteiger partial charge in [0.1, 0.15) is 0 Å². The first-order valence-corrected chi connectivity index (χ1v) is 9.56. The quantitative estimate of drug-likeness (QED) is 0.729. The molecule has 0 N–H and O–H groups in total. The zero-order valence-electron chi connectivity index (χ0n) is 14.0. The van der Waals surface area contributed by atoms with Crippen molar-refractivity contribution < 1.29 is 8.42 Å². The molecule has 0 saturated carbocycles. The SMILES string of the molecule is Cc1ccccc1-c1ccnc2cc(CN(C)S(C)(=O)=O)ccc12. The van der Waals surface area contributed by atoms with Gasteiger partial charge in [-0.15, -0.1) is 0 Å². The summed E-state index contributed by atoms with van der Waals surface area (Å²) in [6.07, 6.45) is 3.01. The van der Waals surface area contributed by atoms with E-state index in [1.165, 1.54) is 21.7 Å². The van der Waals surface area contributed by atoms with Crippen LogP contribution in [0.25, 0.3) is 22.0 Å². The summed E-state index contributed by atoms with van der Waals surface area (Å²) < 4.78 is 24.5. The topological polar surface area (TPSA) is 50.3 Å². The highest BCUT2D eigenvalue weighted by Crippen LogP contribution is 2.30. The third kappa shape index (κ3) is 3.32. The van der Waals surface area contributed by atoms with E-state index in [0.717, 1.165) is 22.0 Å². The molecule has 2 aromatic carbocycles. The Hall–Kier alpha value is -2.24. The molecule has 24 heavy (non-hydrogen) atoms. The van der Waals surface area contributed by atoms with Gasteiger partial charge in [-0.05, 0) is 41.3 Å². The van der Waals surface area contributed by atoms with Crippen LogP contribution in [0.15, 0.2) is 54.7 Å². The maximum Gasteiger partial charge on any atom is 0.211 e. The lowest BCUT2D eigenvalue weighted by atomic mass is 9.97. The van der Waals surface area contributed by atoms with E-state index in [1.807, 2.05) is 36.4 Å². The average molecular weight is 340 g/mol. The van der Waals surface area contributed by atoms with Crippen molar-refractivity contribution in [3.63, 3.8) is 0 Å². The molecule has 3 aromatic rings. The molecule has 1 aromatic heterocycles. The highest BCUT2D eigenvalue weighted by atomic mass is 32.2. The van der Waals surface area contributed by atoms with Crippen LogP contribution in [0.3, 0.4) is 0 Å².